The molecule has 1 heterocycles. The molecule has 2 atom stereocenters. The number of ether oxygens (including phenoxy) is 1. The minimum absolute atomic E-state index is 0.0872. The van der Waals surface area contributed by atoms with Gasteiger partial charge in [-0.05, 0) is 47.4 Å². The zero-order chi connectivity index (χ0) is 24.7. The van der Waals surface area contributed by atoms with Crippen molar-refractivity contribution in [1.82, 2.24) is 10.2 Å². The molecule has 0 unspecified atom stereocenters. The lowest BCUT2D eigenvalue weighted by Crippen LogP contribution is -2.60. The average molecular weight is 465 g/mol. The van der Waals surface area contributed by atoms with E-state index < -0.39 is 35.0 Å². The van der Waals surface area contributed by atoms with Gasteiger partial charge in [0, 0.05) is 12.5 Å². The number of hydrogen-bond acceptors (Lipinski definition) is 4. The third-order valence-electron chi connectivity index (χ3n) is 7.09. The van der Waals surface area contributed by atoms with Gasteiger partial charge in [-0.25, -0.2) is 9.59 Å². The van der Waals surface area contributed by atoms with Gasteiger partial charge >= 0.3 is 12.1 Å². The first kappa shape index (κ1) is 23.8. The van der Waals surface area contributed by atoms with Crippen LogP contribution in [0, 0.1) is 5.41 Å². The molecule has 1 aliphatic carbocycles. The smallest absolute Gasteiger partial charge is 0.407 e. The zero-order valence-corrected chi connectivity index (χ0v) is 20.1. The van der Waals surface area contributed by atoms with Crippen molar-refractivity contribution in [3.8, 4) is 11.1 Å². The van der Waals surface area contributed by atoms with E-state index in [1.54, 1.807) is 6.92 Å². The van der Waals surface area contributed by atoms with Crippen LogP contribution < -0.4 is 5.32 Å². The first-order valence-electron chi connectivity index (χ1n) is 11.7. The van der Waals surface area contributed by atoms with Crippen LogP contribution in [-0.2, 0) is 14.3 Å². The fraction of sp³-hybridized carbons (Fsp3) is 0.444. The molecular formula is C27H32N2O5. The van der Waals surface area contributed by atoms with Crippen molar-refractivity contribution in [3.63, 3.8) is 0 Å². The molecule has 34 heavy (non-hydrogen) atoms. The molecule has 2 N–H and O–H groups in total. The van der Waals surface area contributed by atoms with Gasteiger partial charge in [0.15, 0.2) is 0 Å². The average Bonchev–Trinajstić information content (AvgIpc) is 3.34. The molecule has 7 nitrogen and oxygen atoms in total. The predicted octanol–water partition coefficient (Wildman–Crippen LogP) is 4.41. The van der Waals surface area contributed by atoms with Crippen molar-refractivity contribution in [2.45, 2.75) is 58.0 Å². The summed E-state index contributed by atoms with van der Waals surface area (Å²) in [5.41, 5.74) is 2.57. The molecular weight excluding hydrogens is 432 g/mol. The highest BCUT2D eigenvalue weighted by Gasteiger charge is 2.49. The Hall–Kier alpha value is -3.35. The molecule has 2 amide bonds. The lowest BCUT2D eigenvalue weighted by molar-refractivity contribution is -0.157. The summed E-state index contributed by atoms with van der Waals surface area (Å²) in [6.45, 7) is 7.57. The van der Waals surface area contributed by atoms with Crippen LogP contribution in [0.3, 0.4) is 0 Å². The van der Waals surface area contributed by atoms with Crippen molar-refractivity contribution in [2.24, 2.45) is 5.41 Å². The van der Waals surface area contributed by atoms with E-state index in [1.807, 2.05) is 57.2 Å². The van der Waals surface area contributed by atoms with E-state index >= 15 is 0 Å². The number of nitrogens with zero attached hydrogens (tertiary/aromatic N) is 1. The van der Waals surface area contributed by atoms with Gasteiger partial charge in [-0.2, -0.15) is 0 Å². The van der Waals surface area contributed by atoms with Crippen LogP contribution in [-0.4, -0.2) is 52.7 Å². The Kier molecular flexibility index (Phi) is 6.14. The second-order valence-corrected chi connectivity index (χ2v) is 10.4. The van der Waals surface area contributed by atoms with E-state index in [0.717, 1.165) is 22.3 Å². The van der Waals surface area contributed by atoms with Crippen LogP contribution in [0.5, 0.6) is 0 Å². The summed E-state index contributed by atoms with van der Waals surface area (Å²) in [5.74, 6) is -1.52. The first-order valence-corrected chi connectivity index (χ1v) is 11.7. The maximum atomic E-state index is 13.4. The van der Waals surface area contributed by atoms with Crippen LogP contribution in [0.1, 0.15) is 57.6 Å². The molecule has 0 bridgehead atoms. The summed E-state index contributed by atoms with van der Waals surface area (Å²) in [6, 6.07) is 15.2. The Labute approximate surface area is 200 Å². The molecule has 0 radical (unpaired) electrons. The van der Waals surface area contributed by atoms with Crippen molar-refractivity contribution < 1.29 is 24.2 Å². The summed E-state index contributed by atoms with van der Waals surface area (Å²) >= 11 is 0. The molecule has 2 aromatic carbocycles. The van der Waals surface area contributed by atoms with E-state index in [4.69, 9.17) is 4.74 Å². The molecule has 2 aliphatic rings. The predicted molar refractivity (Wildman–Crippen MR) is 128 cm³/mol. The van der Waals surface area contributed by atoms with Gasteiger partial charge in [0.05, 0.1) is 0 Å². The third kappa shape index (κ3) is 4.15. The molecule has 1 aliphatic heterocycles. The summed E-state index contributed by atoms with van der Waals surface area (Å²) in [7, 11) is 0. The number of alkyl carbamates (subject to hydrolysis) is 1. The van der Waals surface area contributed by atoms with Crippen molar-refractivity contribution in [1.29, 1.82) is 0 Å². The first-order chi connectivity index (χ1) is 16.0. The number of carboxylic acid groups (broad SMARTS) is 1. The van der Waals surface area contributed by atoms with Crippen molar-refractivity contribution >= 4 is 18.0 Å². The molecule has 7 heteroatoms. The largest absolute Gasteiger partial charge is 0.480 e. The molecule has 1 saturated heterocycles. The number of aliphatic carboxylic acids is 1. The van der Waals surface area contributed by atoms with Gasteiger partial charge in [0.2, 0.25) is 5.91 Å². The second-order valence-electron chi connectivity index (χ2n) is 10.4. The highest BCUT2D eigenvalue weighted by atomic mass is 16.5. The standard InChI is InChI=1S/C27H32N2O5/c1-26(2,3)22(23(30)29-15-9-14-27(29,4)24(31)32)28-25(33)34-16-21-19-12-7-5-10-17(19)18-11-6-8-13-20(18)21/h5-8,10-13,21-22H,9,14-16H2,1-4H3,(H,28,33)(H,31,32)/t22-,27+/m1/s1. The molecule has 0 saturated carbocycles. The number of nitrogens with one attached hydrogen (secondary N) is 1. The number of likely N-dealkylation sites (tertiary alicyclic amines) is 1. The van der Waals surface area contributed by atoms with E-state index in [9.17, 15) is 19.5 Å². The van der Waals surface area contributed by atoms with Gasteiger partial charge in [-0.1, -0.05) is 69.3 Å². The van der Waals surface area contributed by atoms with Crippen molar-refractivity contribution in [2.75, 3.05) is 13.2 Å². The zero-order valence-electron chi connectivity index (χ0n) is 20.1. The van der Waals surface area contributed by atoms with Gasteiger partial charge in [-0.3, -0.25) is 4.79 Å². The number of amides is 2. The number of carbonyl (C=O) groups is 3. The van der Waals surface area contributed by atoms with Gasteiger partial charge in [-0.15, -0.1) is 0 Å². The van der Waals surface area contributed by atoms with Crippen molar-refractivity contribution in [3.05, 3.63) is 59.7 Å². The minimum atomic E-state index is -1.27. The molecule has 4 rings (SSSR count). The number of hydrogen-bond donors (Lipinski definition) is 2. The Morgan fingerprint density at radius 3 is 2.18 bits per heavy atom. The molecule has 0 spiro atoms. The van der Waals surface area contributed by atoms with Crippen LogP contribution >= 0.6 is 0 Å². The minimum Gasteiger partial charge on any atom is -0.480 e. The molecule has 0 aromatic heterocycles. The Bertz CT molecular complexity index is 1080. The van der Waals surface area contributed by atoms with Crippen LogP contribution in [0.2, 0.25) is 0 Å². The fourth-order valence-corrected chi connectivity index (χ4v) is 5.10. The SMILES string of the molecule is CC(C)(C)[C@H](NC(=O)OCC1c2ccccc2-c2ccccc21)C(=O)N1CCC[C@@]1(C)C(=O)O. The topological polar surface area (TPSA) is 95.9 Å². The third-order valence-corrected chi connectivity index (χ3v) is 7.09. The fourth-order valence-electron chi connectivity index (χ4n) is 5.10. The quantitative estimate of drug-likeness (QED) is 0.684. The summed E-state index contributed by atoms with van der Waals surface area (Å²) < 4.78 is 5.64. The second kappa shape index (κ2) is 8.78. The normalized spacial score (nSPS) is 20.4. The molecule has 2 aromatic rings. The molecule has 1 fully saturated rings. The number of fused-ring (bicyclic) bond motifs is 3. The van der Waals surface area contributed by atoms with E-state index in [2.05, 4.69) is 17.4 Å². The number of benzene rings is 2. The van der Waals surface area contributed by atoms with E-state index in [0.29, 0.717) is 19.4 Å². The maximum Gasteiger partial charge on any atom is 0.407 e. The summed E-state index contributed by atoms with van der Waals surface area (Å²) in [5, 5.41) is 12.5. The van der Waals surface area contributed by atoms with E-state index in [1.165, 1.54) is 4.90 Å². The molecule has 180 valence electrons. The highest BCUT2D eigenvalue weighted by Crippen LogP contribution is 2.44. The number of carboxylic acids is 1. The number of rotatable bonds is 5. The number of carbonyl (C=O) groups excluding carboxylic acids is 2. The van der Waals surface area contributed by atoms with Crippen LogP contribution in [0.15, 0.2) is 48.5 Å². The summed E-state index contributed by atoms with van der Waals surface area (Å²) in [4.78, 5) is 39.6. The maximum absolute atomic E-state index is 13.4. The van der Waals surface area contributed by atoms with Gasteiger partial charge in [0.25, 0.3) is 0 Å². The lowest BCUT2D eigenvalue weighted by atomic mass is 9.85. The lowest BCUT2D eigenvalue weighted by Gasteiger charge is -2.38. The highest BCUT2D eigenvalue weighted by molar-refractivity contribution is 5.92. The van der Waals surface area contributed by atoms with Gasteiger partial charge < -0.3 is 20.1 Å². The Morgan fingerprint density at radius 2 is 1.65 bits per heavy atom. The van der Waals surface area contributed by atoms with Crippen LogP contribution in [0.25, 0.3) is 11.1 Å². The van der Waals surface area contributed by atoms with Gasteiger partial charge in [0.1, 0.15) is 18.2 Å². The Morgan fingerprint density at radius 1 is 1.09 bits per heavy atom. The van der Waals surface area contributed by atoms with E-state index in [-0.39, 0.29) is 12.5 Å². The summed E-state index contributed by atoms with van der Waals surface area (Å²) in [6.07, 6.45) is 0.304. The monoisotopic (exact) mass is 464 g/mol. The Balaban J connectivity index is 1.49. The van der Waals surface area contributed by atoms with Crippen LogP contribution in [0.4, 0.5) is 4.79 Å².